The molecule has 1 fully saturated rings. The summed E-state index contributed by atoms with van der Waals surface area (Å²) in [5.74, 6) is 1.43. The van der Waals surface area contributed by atoms with E-state index in [-0.39, 0.29) is 0 Å². The number of nitrogen functional groups attached to an aromatic ring is 1. The summed E-state index contributed by atoms with van der Waals surface area (Å²) in [4.78, 5) is 4.11. The zero-order chi connectivity index (χ0) is 9.80. The molecule has 2 rings (SSSR count). The molecule has 1 aliphatic rings. The summed E-state index contributed by atoms with van der Waals surface area (Å²) in [7, 11) is 0. The van der Waals surface area contributed by atoms with Gasteiger partial charge in [-0.1, -0.05) is 6.07 Å². The molecule has 2 heterocycles. The topological polar surface area (TPSA) is 50.9 Å². The van der Waals surface area contributed by atoms with Crippen LogP contribution in [0.3, 0.4) is 0 Å². The van der Waals surface area contributed by atoms with Gasteiger partial charge in [0.05, 0.1) is 0 Å². The van der Waals surface area contributed by atoms with Crippen molar-refractivity contribution in [3.63, 3.8) is 0 Å². The average molecular weight is 191 g/mol. The molecule has 1 aromatic heterocycles. The van der Waals surface area contributed by atoms with Gasteiger partial charge in [-0.2, -0.15) is 0 Å². The van der Waals surface area contributed by atoms with Crippen LogP contribution in [-0.4, -0.2) is 18.1 Å². The summed E-state index contributed by atoms with van der Waals surface area (Å²) in [6.07, 6.45) is 5.61. The molecule has 0 aliphatic carbocycles. The second kappa shape index (κ2) is 4.42. The van der Waals surface area contributed by atoms with Crippen LogP contribution in [0.5, 0.6) is 0 Å². The fraction of sp³-hybridized carbons (Fsp3) is 0.545. The van der Waals surface area contributed by atoms with Crippen LogP contribution in [0.25, 0.3) is 0 Å². The largest absolute Gasteiger partial charge is 0.384 e. The van der Waals surface area contributed by atoms with Crippen molar-refractivity contribution >= 4 is 5.82 Å². The zero-order valence-corrected chi connectivity index (χ0v) is 8.37. The van der Waals surface area contributed by atoms with Gasteiger partial charge in [0, 0.05) is 6.20 Å². The highest BCUT2D eigenvalue weighted by Crippen LogP contribution is 2.17. The molecule has 0 saturated carbocycles. The quantitative estimate of drug-likeness (QED) is 0.738. The van der Waals surface area contributed by atoms with Crippen LogP contribution >= 0.6 is 0 Å². The summed E-state index contributed by atoms with van der Waals surface area (Å²) >= 11 is 0. The number of piperidine rings is 1. The minimum absolute atomic E-state index is 0.610. The zero-order valence-electron chi connectivity index (χ0n) is 8.37. The maximum Gasteiger partial charge on any atom is 0.123 e. The number of nitrogens with one attached hydrogen (secondary N) is 1. The van der Waals surface area contributed by atoms with Gasteiger partial charge in [-0.25, -0.2) is 4.98 Å². The van der Waals surface area contributed by atoms with Crippen LogP contribution in [0.2, 0.25) is 0 Å². The standard InChI is InChI=1S/C11H17N3/c12-11-2-1-10(8-14-11)7-9-3-5-13-6-4-9/h1-2,8-9,13H,3-7H2,(H2,12,14). The lowest BCUT2D eigenvalue weighted by Gasteiger charge is -2.22. The van der Waals surface area contributed by atoms with Crippen molar-refractivity contribution in [3.8, 4) is 0 Å². The Morgan fingerprint density at radius 2 is 2.14 bits per heavy atom. The number of nitrogens with zero attached hydrogens (tertiary/aromatic N) is 1. The predicted molar refractivity (Wildman–Crippen MR) is 57.9 cm³/mol. The van der Waals surface area contributed by atoms with Crippen molar-refractivity contribution in [2.45, 2.75) is 19.3 Å². The molecule has 0 atom stereocenters. The van der Waals surface area contributed by atoms with Gasteiger partial charge in [0.25, 0.3) is 0 Å². The van der Waals surface area contributed by atoms with Crippen LogP contribution in [0, 0.1) is 5.92 Å². The molecular weight excluding hydrogens is 174 g/mol. The Hall–Kier alpha value is -1.09. The molecule has 14 heavy (non-hydrogen) atoms. The SMILES string of the molecule is Nc1ccc(CC2CCNCC2)cn1. The average Bonchev–Trinajstić information content (AvgIpc) is 2.23. The molecule has 0 spiro atoms. The van der Waals surface area contributed by atoms with Gasteiger partial charge in [-0.15, -0.1) is 0 Å². The Balaban J connectivity index is 1.92. The van der Waals surface area contributed by atoms with E-state index in [1.165, 1.54) is 18.4 Å². The van der Waals surface area contributed by atoms with E-state index >= 15 is 0 Å². The minimum atomic E-state index is 0.610. The second-order valence-electron chi connectivity index (χ2n) is 3.99. The van der Waals surface area contributed by atoms with Gasteiger partial charge in [0.15, 0.2) is 0 Å². The van der Waals surface area contributed by atoms with Crippen molar-refractivity contribution in [3.05, 3.63) is 23.9 Å². The lowest BCUT2D eigenvalue weighted by atomic mass is 9.92. The van der Waals surface area contributed by atoms with Gasteiger partial charge in [-0.05, 0) is 49.9 Å². The van der Waals surface area contributed by atoms with Crippen molar-refractivity contribution in [1.82, 2.24) is 10.3 Å². The first-order valence-corrected chi connectivity index (χ1v) is 5.26. The fourth-order valence-electron chi connectivity index (χ4n) is 1.98. The van der Waals surface area contributed by atoms with E-state index < -0.39 is 0 Å². The minimum Gasteiger partial charge on any atom is -0.384 e. The highest BCUT2D eigenvalue weighted by molar-refractivity contribution is 5.29. The van der Waals surface area contributed by atoms with Gasteiger partial charge in [-0.3, -0.25) is 0 Å². The van der Waals surface area contributed by atoms with Crippen LogP contribution < -0.4 is 11.1 Å². The first-order valence-electron chi connectivity index (χ1n) is 5.26. The summed E-state index contributed by atoms with van der Waals surface area (Å²) < 4.78 is 0. The van der Waals surface area contributed by atoms with E-state index in [4.69, 9.17) is 5.73 Å². The van der Waals surface area contributed by atoms with Crippen LogP contribution in [0.4, 0.5) is 5.82 Å². The van der Waals surface area contributed by atoms with Gasteiger partial charge < -0.3 is 11.1 Å². The molecule has 3 nitrogen and oxygen atoms in total. The van der Waals surface area contributed by atoms with E-state index in [1.54, 1.807) is 0 Å². The van der Waals surface area contributed by atoms with E-state index in [0.717, 1.165) is 25.4 Å². The Morgan fingerprint density at radius 1 is 1.36 bits per heavy atom. The van der Waals surface area contributed by atoms with Gasteiger partial charge in [0.2, 0.25) is 0 Å². The van der Waals surface area contributed by atoms with Crippen molar-refractivity contribution < 1.29 is 0 Å². The lowest BCUT2D eigenvalue weighted by Crippen LogP contribution is -2.28. The molecule has 0 bridgehead atoms. The summed E-state index contributed by atoms with van der Waals surface area (Å²) in [5.41, 5.74) is 6.85. The number of nitrogens with two attached hydrogens (primary N) is 1. The molecular formula is C11H17N3. The van der Waals surface area contributed by atoms with E-state index in [1.807, 2.05) is 12.3 Å². The van der Waals surface area contributed by atoms with Crippen LogP contribution in [0.1, 0.15) is 18.4 Å². The maximum absolute atomic E-state index is 5.54. The highest BCUT2D eigenvalue weighted by atomic mass is 14.9. The number of hydrogen-bond donors (Lipinski definition) is 2. The summed E-state index contributed by atoms with van der Waals surface area (Å²) in [6.45, 7) is 2.32. The normalized spacial score (nSPS) is 18.3. The number of aromatic nitrogens is 1. The third-order valence-corrected chi connectivity index (χ3v) is 2.83. The van der Waals surface area contributed by atoms with Crippen molar-refractivity contribution in [2.75, 3.05) is 18.8 Å². The smallest absolute Gasteiger partial charge is 0.123 e. The van der Waals surface area contributed by atoms with Crippen LogP contribution in [0.15, 0.2) is 18.3 Å². The summed E-state index contributed by atoms with van der Waals surface area (Å²) in [6, 6.07) is 3.97. The first-order chi connectivity index (χ1) is 6.84. The van der Waals surface area contributed by atoms with Gasteiger partial charge >= 0.3 is 0 Å². The number of hydrogen-bond acceptors (Lipinski definition) is 3. The molecule has 0 amide bonds. The Morgan fingerprint density at radius 3 is 2.79 bits per heavy atom. The van der Waals surface area contributed by atoms with Gasteiger partial charge in [0.1, 0.15) is 5.82 Å². The number of pyridine rings is 1. The lowest BCUT2D eigenvalue weighted by molar-refractivity contribution is 0.372. The molecule has 0 radical (unpaired) electrons. The van der Waals surface area contributed by atoms with E-state index in [2.05, 4.69) is 16.4 Å². The third kappa shape index (κ3) is 2.45. The molecule has 76 valence electrons. The highest BCUT2D eigenvalue weighted by Gasteiger charge is 2.13. The Bertz CT molecular complexity index is 275. The third-order valence-electron chi connectivity index (χ3n) is 2.83. The molecule has 1 aromatic rings. The molecule has 3 heteroatoms. The molecule has 0 unspecified atom stereocenters. The first kappa shape index (κ1) is 9.46. The maximum atomic E-state index is 5.54. The van der Waals surface area contributed by atoms with Crippen LogP contribution in [-0.2, 0) is 6.42 Å². The van der Waals surface area contributed by atoms with Crippen molar-refractivity contribution in [1.29, 1.82) is 0 Å². The van der Waals surface area contributed by atoms with E-state index in [0.29, 0.717) is 5.82 Å². The fourth-order valence-corrected chi connectivity index (χ4v) is 1.98. The predicted octanol–water partition coefficient (Wildman–Crippen LogP) is 1.21. The Kier molecular flexibility index (Phi) is 2.99. The number of anilines is 1. The summed E-state index contributed by atoms with van der Waals surface area (Å²) in [5, 5.41) is 3.37. The molecule has 0 aromatic carbocycles. The molecule has 1 saturated heterocycles. The monoisotopic (exact) mass is 191 g/mol. The second-order valence-corrected chi connectivity index (χ2v) is 3.99. The Labute approximate surface area is 84.7 Å². The van der Waals surface area contributed by atoms with Crippen molar-refractivity contribution in [2.24, 2.45) is 5.92 Å². The molecule has 3 N–H and O–H groups in total. The molecule has 1 aliphatic heterocycles. The van der Waals surface area contributed by atoms with E-state index in [9.17, 15) is 0 Å². The number of rotatable bonds is 2.